The third kappa shape index (κ3) is 9.57. The first-order valence-corrected chi connectivity index (χ1v) is 5.81. The summed E-state index contributed by atoms with van der Waals surface area (Å²) in [6.07, 6.45) is 1.21. The number of nitrogens with one attached hydrogen (secondary N) is 1. The molecule has 0 spiro atoms. The molecule has 0 heterocycles. The predicted molar refractivity (Wildman–Crippen MR) is 59.5 cm³/mol. The van der Waals surface area contributed by atoms with E-state index in [0.29, 0.717) is 26.1 Å². The van der Waals surface area contributed by atoms with Gasteiger partial charge in [0, 0.05) is 19.5 Å². The topological polar surface area (TPSA) is 58.6 Å². The van der Waals surface area contributed by atoms with Crippen LogP contribution in [0.25, 0.3) is 0 Å². The Balaban J connectivity index is 3.15. The molecule has 0 fully saturated rings. The fraction of sp³-hybridized carbons (Fsp3) is 0.778. The van der Waals surface area contributed by atoms with Gasteiger partial charge in [-0.05, 0) is 0 Å². The van der Waals surface area contributed by atoms with Gasteiger partial charge in [-0.15, -0.1) is 0 Å². The monoisotopic (exact) mass is 220 g/mol. The van der Waals surface area contributed by atoms with Gasteiger partial charge in [0.2, 0.25) is 0 Å². The van der Waals surface area contributed by atoms with Crippen molar-refractivity contribution in [2.45, 2.75) is 12.8 Å². The van der Waals surface area contributed by atoms with Crippen LogP contribution in [0.4, 0.5) is 0 Å². The summed E-state index contributed by atoms with van der Waals surface area (Å²) >= 11 is 1.50. The third-order valence-corrected chi connectivity index (χ3v) is 2.07. The largest absolute Gasteiger partial charge is 0.465 e. The molecule has 0 radical (unpaired) electrons. The second kappa shape index (κ2) is 10.6. The van der Waals surface area contributed by atoms with Crippen LogP contribution in [-0.2, 0) is 20.9 Å². The predicted octanol–water partition coefficient (Wildman–Crippen LogP) is -0.594. The van der Waals surface area contributed by atoms with Gasteiger partial charge in [0.05, 0.1) is 19.6 Å². The van der Waals surface area contributed by atoms with E-state index >= 15 is 0 Å². The molecule has 4 nitrogen and oxygen atoms in total. The number of aliphatic hydroxyl groups excluding tert-OH is 1. The fourth-order valence-corrected chi connectivity index (χ4v) is 1.14. The molecule has 0 unspecified atom stereocenters. The van der Waals surface area contributed by atoms with Crippen molar-refractivity contribution in [3.8, 4) is 0 Å². The van der Waals surface area contributed by atoms with Crippen LogP contribution in [-0.4, -0.2) is 49.0 Å². The molecular formula is C9H18NO3S+. The zero-order valence-electron chi connectivity index (χ0n) is 8.33. The number of hydrogen-bond acceptors (Lipinski definition) is 4. The zero-order valence-corrected chi connectivity index (χ0v) is 9.15. The highest BCUT2D eigenvalue weighted by Crippen LogP contribution is 1.87. The molecule has 0 aromatic rings. The molecule has 0 atom stereocenters. The summed E-state index contributed by atoms with van der Waals surface area (Å²) in [6.45, 7) is 1.64. The summed E-state index contributed by atoms with van der Waals surface area (Å²) in [5.74, 6) is 4.34. The van der Waals surface area contributed by atoms with Gasteiger partial charge in [0.15, 0.2) is 23.0 Å². The zero-order chi connectivity index (χ0) is 10.6. The maximum atomic E-state index is 11.0. The van der Waals surface area contributed by atoms with Crippen molar-refractivity contribution >= 4 is 23.2 Å². The highest BCUT2D eigenvalue weighted by Gasteiger charge is 2.02. The van der Waals surface area contributed by atoms with Crippen molar-refractivity contribution in [2.24, 2.45) is 0 Å². The Hall–Kier alpha value is -0.520. The molecule has 0 aliphatic heterocycles. The molecule has 5 heteroatoms. The molecule has 0 rings (SSSR count). The Kier molecular flexibility index (Phi) is 10.2. The van der Waals surface area contributed by atoms with Gasteiger partial charge in [-0.1, -0.05) is 0 Å². The molecule has 0 bridgehead atoms. The van der Waals surface area contributed by atoms with E-state index in [1.807, 2.05) is 0 Å². The van der Waals surface area contributed by atoms with Gasteiger partial charge < -0.3 is 15.2 Å². The Morgan fingerprint density at radius 1 is 1.50 bits per heavy atom. The first-order chi connectivity index (χ1) is 6.81. The molecular weight excluding hydrogens is 202 g/mol. The van der Waals surface area contributed by atoms with Crippen molar-refractivity contribution in [3.05, 3.63) is 0 Å². The van der Waals surface area contributed by atoms with Crippen LogP contribution in [0.2, 0.25) is 0 Å². The first kappa shape index (κ1) is 13.5. The summed E-state index contributed by atoms with van der Waals surface area (Å²) in [7, 11) is 0. The number of esters is 1. The number of hydrogen-bond donors (Lipinski definition) is 2. The van der Waals surface area contributed by atoms with E-state index in [0.717, 1.165) is 12.2 Å². The number of rotatable bonds is 9. The molecule has 0 saturated heterocycles. The molecule has 2 N–H and O–H groups in total. The number of carbonyl (C=O) groups is 1. The summed E-state index contributed by atoms with van der Waals surface area (Å²) in [4.78, 5) is 11.0. The minimum atomic E-state index is -0.190. The Morgan fingerprint density at radius 3 is 2.93 bits per heavy atom. The van der Waals surface area contributed by atoms with Crippen LogP contribution < -0.4 is 5.32 Å². The van der Waals surface area contributed by atoms with E-state index in [2.05, 4.69) is 11.2 Å². The lowest BCUT2D eigenvalue weighted by Gasteiger charge is -2.03. The summed E-state index contributed by atoms with van der Waals surface area (Å²) in [6, 6.07) is 0. The summed E-state index contributed by atoms with van der Waals surface area (Å²) in [5.41, 5.74) is 0. The maximum Gasteiger partial charge on any atom is 0.307 e. The smallest absolute Gasteiger partial charge is 0.307 e. The standard InChI is InChI=1S/C9H18NO3S/c1-14-8-2-7-13-9(12)3-4-10-5-6-11/h10-11H,1-8H2/q+1. The van der Waals surface area contributed by atoms with E-state index < -0.39 is 0 Å². The van der Waals surface area contributed by atoms with E-state index in [9.17, 15) is 4.79 Å². The summed E-state index contributed by atoms with van der Waals surface area (Å²) in [5, 5.41) is 11.3. The lowest BCUT2D eigenvalue weighted by atomic mass is 10.4. The van der Waals surface area contributed by atoms with Crippen LogP contribution >= 0.6 is 0 Å². The third-order valence-electron chi connectivity index (χ3n) is 1.49. The van der Waals surface area contributed by atoms with Crippen LogP contribution in [0.1, 0.15) is 12.8 Å². The van der Waals surface area contributed by atoms with Crippen molar-refractivity contribution in [1.82, 2.24) is 5.32 Å². The minimum absolute atomic E-state index is 0.0930. The lowest BCUT2D eigenvalue weighted by molar-refractivity contribution is -0.143. The van der Waals surface area contributed by atoms with Crippen LogP contribution in [0.15, 0.2) is 0 Å². The molecule has 0 amide bonds. The molecule has 0 aromatic heterocycles. The van der Waals surface area contributed by atoms with E-state index in [-0.39, 0.29) is 12.6 Å². The highest BCUT2D eigenvalue weighted by molar-refractivity contribution is 7.76. The van der Waals surface area contributed by atoms with Gasteiger partial charge in [0.25, 0.3) is 0 Å². The molecule has 0 aromatic carbocycles. The molecule has 0 aliphatic rings. The molecule has 0 saturated carbocycles. The van der Waals surface area contributed by atoms with E-state index in [4.69, 9.17) is 9.84 Å². The normalized spacial score (nSPS) is 9.79. The van der Waals surface area contributed by atoms with Crippen molar-refractivity contribution in [2.75, 3.05) is 32.1 Å². The molecule has 82 valence electrons. The summed E-state index contributed by atoms with van der Waals surface area (Å²) < 4.78 is 4.94. The fourth-order valence-electron chi connectivity index (χ4n) is 0.814. The van der Waals surface area contributed by atoms with Crippen molar-refractivity contribution in [3.63, 3.8) is 0 Å². The van der Waals surface area contributed by atoms with Crippen LogP contribution in [0, 0.1) is 0 Å². The van der Waals surface area contributed by atoms with Crippen molar-refractivity contribution < 1.29 is 14.6 Å². The van der Waals surface area contributed by atoms with Gasteiger partial charge in [0.1, 0.15) is 0 Å². The number of ether oxygens (including phenoxy) is 1. The van der Waals surface area contributed by atoms with E-state index in [1.54, 1.807) is 0 Å². The Labute approximate surface area is 88.6 Å². The molecule has 0 aliphatic carbocycles. The van der Waals surface area contributed by atoms with Crippen LogP contribution in [0.5, 0.6) is 0 Å². The van der Waals surface area contributed by atoms with Crippen molar-refractivity contribution in [1.29, 1.82) is 0 Å². The van der Waals surface area contributed by atoms with Gasteiger partial charge in [-0.25, -0.2) is 0 Å². The Morgan fingerprint density at radius 2 is 2.29 bits per heavy atom. The van der Waals surface area contributed by atoms with Gasteiger partial charge >= 0.3 is 5.97 Å². The minimum Gasteiger partial charge on any atom is -0.465 e. The highest BCUT2D eigenvalue weighted by atomic mass is 32.1. The number of aliphatic hydroxyl groups is 1. The average molecular weight is 220 g/mol. The van der Waals surface area contributed by atoms with Crippen LogP contribution in [0.3, 0.4) is 0 Å². The number of carbonyl (C=O) groups excluding carboxylic acids is 1. The first-order valence-electron chi connectivity index (χ1n) is 4.65. The average Bonchev–Trinajstić information content (AvgIpc) is 2.19. The SMILES string of the molecule is C=[S+]CCCOC(=O)CCNCCO. The van der Waals surface area contributed by atoms with Gasteiger partial charge in [-0.2, -0.15) is 0 Å². The van der Waals surface area contributed by atoms with E-state index in [1.165, 1.54) is 11.4 Å². The van der Waals surface area contributed by atoms with Gasteiger partial charge in [-0.3, -0.25) is 4.79 Å². The second-order valence-corrected chi connectivity index (χ2v) is 3.52. The second-order valence-electron chi connectivity index (χ2n) is 2.71. The molecule has 14 heavy (non-hydrogen) atoms. The lowest BCUT2D eigenvalue weighted by Crippen LogP contribution is -2.22. The Bertz CT molecular complexity index is 164. The maximum absolute atomic E-state index is 11.0. The quantitative estimate of drug-likeness (QED) is 0.236.